The maximum absolute atomic E-state index is 10.2. The third kappa shape index (κ3) is 2.70. The minimum Gasteiger partial charge on any atom is -0.508 e. The number of hydrogen-bond acceptors (Lipinski definition) is 6. The fourth-order valence-electron chi connectivity index (χ4n) is 2.47. The molecule has 5 N–H and O–H groups in total. The van der Waals surface area contributed by atoms with E-state index in [9.17, 15) is 25.5 Å². The molecule has 3 rings (SSSR count). The Morgan fingerprint density at radius 2 is 1.64 bits per heavy atom. The summed E-state index contributed by atoms with van der Waals surface area (Å²) >= 11 is 0. The molecule has 0 radical (unpaired) electrons. The van der Waals surface area contributed by atoms with Crippen LogP contribution in [0.3, 0.4) is 0 Å². The Bertz CT molecular complexity index is 703. The molecular formula is C15H15ClO6. The van der Waals surface area contributed by atoms with Crippen molar-refractivity contribution in [3.8, 4) is 28.7 Å². The number of halogens is 1. The highest BCUT2D eigenvalue weighted by Gasteiger charge is 2.32. The van der Waals surface area contributed by atoms with E-state index in [1.54, 1.807) is 0 Å². The maximum Gasteiger partial charge on any atom is 0.157 e. The number of phenols is 4. The Kier molecular flexibility index (Phi) is 4.25. The van der Waals surface area contributed by atoms with Gasteiger partial charge in [0, 0.05) is 24.1 Å². The van der Waals surface area contributed by atoms with E-state index in [-0.39, 0.29) is 47.6 Å². The lowest BCUT2D eigenvalue weighted by atomic mass is 9.94. The van der Waals surface area contributed by atoms with Crippen molar-refractivity contribution in [1.29, 1.82) is 0 Å². The lowest BCUT2D eigenvalue weighted by molar-refractivity contribution is 0.0197. The van der Waals surface area contributed by atoms with Crippen LogP contribution in [0.4, 0.5) is 0 Å². The second kappa shape index (κ2) is 5.82. The van der Waals surface area contributed by atoms with E-state index >= 15 is 0 Å². The minimum atomic E-state index is -0.933. The van der Waals surface area contributed by atoms with Gasteiger partial charge in [-0.25, -0.2) is 0 Å². The van der Waals surface area contributed by atoms with Gasteiger partial charge in [-0.2, -0.15) is 0 Å². The molecule has 0 aliphatic carbocycles. The summed E-state index contributed by atoms with van der Waals surface area (Å²) in [7, 11) is 0. The van der Waals surface area contributed by atoms with Crippen molar-refractivity contribution >= 4 is 12.4 Å². The summed E-state index contributed by atoms with van der Waals surface area (Å²) in [5.74, 6) is -0.589. The van der Waals surface area contributed by atoms with E-state index in [2.05, 4.69) is 0 Å². The maximum atomic E-state index is 10.2. The van der Waals surface area contributed by atoms with Crippen LogP contribution in [0.5, 0.6) is 28.7 Å². The number of aliphatic hydroxyl groups excluding tert-OH is 1. The second-order valence-corrected chi connectivity index (χ2v) is 5.00. The summed E-state index contributed by atoms with van der Waals surface area (Å²) in [6.07, 6.45) is -1.56. The standard InChI is InChI=1S/C15H14O6.ClH/c16-8-4-11(18)9-6-13(20)15(21-14(9)5-8)7-1-2-10(17)12(19)3-7;/h1-5,13,15-20H,6H2;1H/t13-,15+;/m0./s1. The molecule has 0 saturated carbocycles. The summed E-state index contributed by atoms with van der Waals surface area (Å²) in [4.78, 5) is 0. The fourth-order valence-corrected chi connectivity index (χ4v) is 2.47. The molecule has 0 amide bonds. The Morgan fingerprint density at radius 1 is 0.909 bits per heavy atom. The summed E-state index contributed by atoms with van der Waals surface area (Å²) < 4.78 is 5.62. The zero-order chi connectivity index (χ0) is 15.1. The molecule has 22 heavy (non-hydrogen) atoms. The number of fused-ring (bicyclic) bond motifs is 1. The lowest BCUT2D eigenvalue weighted by Gasteiger charge is -2.31. The molecule has 0 bridgehead atoms. The van der Waals surface area contributed by atoms with Gasteiger partial charge in [0.15, 0.2) is 11.5 Å². The van der Waals surface area contributed by atoms with E-state index in [4.69, 9.17) is 4.74 Å². The van der Waals surface area contributed by atoms with Crippen molar-refractivity contribution in [2.45, 2.75) is 18.6 Å². The summed E-state index contributed by atoms with van der Waals surface area (Å²) in [5, 5.41) is 48.3. The molecule has 2 aromatic carbocycles. The van der Waals surface area contributed by atoms with Crippen LogP contribution in [0, 0.1) is 0 Å². The van der Waals surface area contributed by atoms with E-state index in [1.807, 2.05) is 0 Å². The quantitative estimate of drug-likeness (QED) is 0.512. The molecule has 0 saturated heterocycles. The number of aromatic hydroxyl groups is 4. The first kappa shape index (κ1) is 16.1. The first-order chi connectivity index (χ1) is 9.95. The van der Waals surface area contributed by atoms with Crippen LogP contribution in [0.15, 0.2) is 30.3 Å². The summed E-state index contributed by atoms with van der Waals surface area (Å²) in [5.41, 5.74) is 0.894. The van der Waals surface area contributed by atoms with Gasteiger partial charge in [0.25, 0.3) is 0 Å². The van der Waals surface area contributed by atoms with Crippen molar-refractivity contribution in [3.63, 3.8) is 0 Å². The number of phenolic OH excluding ortho intramolecular Hbond substituents is 4. The average Bonchev–Trinajstić information content (AvgIpc) is 2.42. The SMILES string of the molecule is Cl.Oc1cc(O)c2c(c1)O[C@H](c1ccc(O)c(O)c1)[C@@H](O)C2. The van der Waals surface area contributed by atoms with Gasteiger partial charge < -0.3 is 30.3 Å². The van der Waals surface area contributed by atoms with Crippen molar-refractivity contribution < 1.29 is 30.3 Å². The van der Waals surface area contributed by atoms with Crippen LogP contribution in [-0.2, 0) is 6.42 Å². The average molecular weight is 327 g/mol. The molecule has 1 aliphatic rings. The Hall–Kier alpha value is -2.31. The highest BCUT2D eigenvalue weighted by atomic mass is 35.5. The van der Waals surface area contributed by atoms with Gasteiger partial charge in [-0.05, 0) is 17.7 Å². The molecule has 2 aromatic rings. The Labute approximate surface area is 132 Å². The number of aliphatic hydroxyl groups is 1. The normalized spacial score (nSPS) is 19.7. The minimum absolute atomic E-state index is 0. The second-order valence-electron chi connectivity index (χ2n) is 5.00. The summed E-state index contributed by atoms with van der Waals surface area (Å²) in [6, 6.07) is 6.67. The molecule has 0 spiro atoms. The van der Waals surface area contributed by atoms with Gasteiger partial charge in [-0.1, -0.05) is 6.07 Å². The molecular weight excluding hydrogens is 312 g/mol. The van der Waals surface area contributed by atoms with Crippen LogP contribution in [-0.4, -0.2) is 31.6 Å². The molecule has 7 heteroatoms. The molecule has 2 atom stereocenters. The first-order valence-corrected chi connectivity index (χ1v) is 6.37. The third-order valence-corrected chi connectivity index (χ3v) is 3.51. The topological polar surface area (TPSA) is 110 Å². The third-order valence-electron chi connectivity index (χ3n) is 3.51. The number of ether oxygens (including phenoxy) is 1. The predicted octanol–water partition coefficient (Wildman–Crippen LogP) is 1.97. The molecule has 6 nitrogen and oxygen atoms in total. The highest BCUT2D eigenvalue weighted by Crippen LogP contribution is 2.42. The van der Waals surface area contributed by atoms with Crippen molar-refractivity contribution in [2.75, 3.05) is 0 Å². The Balaban J connectivity index is 0.00000176. The molecule has 0 unspecified atom stereocenters. The lowest BCUT2D eigenvalue weighted by Crippen LogP contribution is -2.30. The van der Waals surface area contributed by atoms with Gasteiger partial charge in [-0.15, -0.1) is 12.4 Å². The van der Waals surface area contributed by atoms with Crippen LogP contribution in [0.1, 0.15) is 17.2 Å². The number of rotatable bonds is 1. The van der Waals surface area contributed by atoms with E-state index in [0.717, 1.165) is 0 Å². The zero-order valence-electron chi connectivity index (χ0n) is 11.3. The van der Waals surface area contributed by atoms with Crippen molar-refractivity contribution in [2.24, 2.45) is 0 Å². The number of benzene rings is 2. The van der Waals surface area contributed by atoms with Gasteiger partial charge in [0.2, 0.25) is 0 Å². The van der Waals surface area contributed by atoms with E-state index in [0.29, 0.717) is 11.1 Å². The van der Waals surface area contributed by atoms with Gasteiger partial charge in [0.1, 0.15) is 23.4 Å². The monoisotopic (exact) mass is 326 g/mol. The zero-order valence-corrected chi connectivity index (χ0v) is 12.1. The molecule has 1 heterocycles. The first-order valence-electron chi connectivity index (χ1n) is 6.37. The molecule has 1 aliphatic heterocycles. The fraction of sp³-hybridized carbons (Fsp3) is 0.200. The Morgan fingerprint density at radius 3 is 2.32 bits per heavy atom. The highest BCUT2D eigenvalue weighted by molar-refractivity contribution is 5.85. The van der Waals surface area contributed by atoms with Gasteiger partial charge >= 0.3 is 0 Å². The summed E-state index contributed by atoms with van der Waals surface area (Å²) in [6.45, 7) is 0. The van der Waals surface area contributed by atoms with Crippen LogP contribution >= 0.6 is 12.4 Å². The van der Waals surface area contributed by atoms with Gasteiger partial charge in [0.05, 0.1) is 6.10 Å². The molecule has 0 aromatic heterocycles. The van der Waals surface area contributed by atoms with E-state index in [1.165, 1.54) is 30.3 Å². The van der Waals surface area contributed by atoms with Crippen LogP contribution in [0.2, 0.25) is 0 Å². The van der Waals surface area contributed by atoms with Crippen LogP contribution < -0.4 is 4.74 Å². The molecule has 118 valence electrons. The van der Waals surface area contributed by atoms with Crippen molar-refractivity contribution in [1.82, 2.24) is 0 Å². The predicted molar refractivity (Wildman–Crippen MR) is 79.9 cm³/mol. The van der Waals surface area contributed by atoms with Gasteiger partial charge in [-0.3, -0.25) is 0 Å². The smallest absolute Gasteiger partial charge is 0.157 e. The van der Waals surface area contributed by atoms with Crippen LogP contribution in [0.25, 0.3) is 0 Å². The molecule has 0 fully saturated rings. The largest absolute Gasteiger partial charge is 0.508 e. The number of hydrogen-bond donors (Lipinski definition) is 5. The van der Waals surface area contributed by atoms with E-state index < -0.39 is 12.2 Å². The van der Waals surface area contributed by atoms with Crippen molar-refractivity contribution in [3.05, 3.63) is 41.5 Å².